The number of imide groups is 1. The molecule has 8 nitrogen and oxygen atoms in total. The van der Waals surface area contributed by atoms with Crippen LogP contribution in [-0.4, -0.2) is 41.4 Å². The number of amides is 3. The van der Waals surface area contributed by atoms with E-state index < -0.39 is 23.9 Å². The number of benzene rings is 2. The molecule has 0 spiro atoms. The lowest BCUT2D eigenvalue weighted by atomic mass is 10.0. The summed E-state index contributed by atoms with van der Waals surface area (Å²) in [7, 11) is 0. The molecular formula is C23H25N5O3. The highest BCUT2D eigenvalue weighted by Gasteiger charge is 2.55. The second kappa shape index (κ2) is 7.94. The zero-order valence-electron chi connectivity index (χ0n) is 18.0. The third-order valence-electron chi connectivity index (χ3n) is 5.73. The maximum absolute atomic E-state index is 13.1. The normalized spacial score (nSPS) is 20.0. The van der Waals surface area contributed by atoms with E-state index in [0.717, 1.165) is 27.3 Å². The van der Waals surface area contributed by atoms with Gasteiger partial charge in [0.1, 0.15) is 6.54 Å². The van der Waals surface area contributed by atoms with Crippen LogP contribution in [0.2, 0.25) is 0 Å². The number of nitrogens with one attached hydrogen (secondary N) is 1. The van der Waals surface area contributed by atoms with Crippen molar-refractivity contribution in [2.45, 2.75) is 45.7 Å². The van der Waals surface area contributed by atoms with Crippen LogP contribution in [0.5, 0.6) is 0 Å². The van der Waals surface area contributed by atoms with Crippen molar-refractivity contribution in [3.63, 3.8) is 0 Å². The third-order valence-corrected chi connectivity index (χ3v) is 5.73. The van der Waals surface area contributed by atoms with Crippen molar-refractivity contribution < 1.29 is 14.4 Å². The van der Waals surface area contributed by atoms with E-state index in [4.69, 9.17) is 0 Å². The average Bonchev–Trinajstić information content (AvgIpc) is 3.24. The summed E-state index contributed by atoms with van der Waals surface area (Å²) in [6.07, 6.45) is 0. The molecule has 0 unspecified atom stereocenters. The van der Waals surface area contributed by atoms with Crippen LogP contribution in [0.3, 0.4) is 0 Å². The molecule has 2 aromatic rings. The summed E-state index contributed by atoms with van der Waals surface area (Å²) in [5.41, 5.74) is 4.24. The SMILES string of the molecule is Cc1cccc(C)c1NC(=O)CN1N=N[C@@H]2C(=O)N(c3ccc(C(C)C)cc3)C(=O)[C@@H]21. The third kappa shape index (κ3) is 3.69. The van der Waals surface area contributed by atoms with Gasteiger partial charge in [-0.25, -0.2) is 4.90 Å². The van der Waals surface area contributed by atoms with Crippen molar-refractivity contribution in [2.75, 3.05) is 16.8 Å². The van der Waals surface area contributed by atoms with E-state index in [1.807, 2.05) is 44.2 Å². The minimum atomic E-state index is -0.926. The van der Waals surface area contributed by atoms with Crippen LogP contribution in [-0.2, 0) is 14.4 Å². The number of fused-ring (bicyclic) bond motifs is 1. The molecule has 1 N–H and O–H groups in total. The molecule has 8 heteroatoms. The van der Waals surface area contributed by atoms with E-state index in [-0.39, 0.29) is 12.5 Å². The molecule has 0 aliphatic carbocycles. The lowest BCUT2D eigenvalue weighted by molar-refractivity contribution is -0.123. The summed E-state index contributed by atoms with van der Waals surface area (Å²) < 4.78 is 0. The molecule has 2 aliphatic rings. The maximum Gasteiger partial charge on any atom is 0.263 e. The van der Waals surface area contributed by atoms with Gasteiger partial charge in [0.2, 0.25) is 5.91 Å². The van der Waals surface area contributed by atoms with Crippen molar-refractivity contribution in [3.05, 3.63) is 59.2 Å². The summed E-state index contributed by atoms with van der Waals surface area (Å²) in [4.78, 5) is 39.7. The standard InChI is InChI=1S/C23H25N5O3/c1-13(2)16-8-10-17(11-9-16)28-22(30)20-21(23(28)31)27(26-25-20)12-18(29)24-19-14(3)6-5-7-15(19)4/h5-11,13,20-21H,12H2,1-4H3,(H,24,29)/t20-,21+/m0/s1. The summed E-state index contributed by atoms with van der Waals surface area (Å²) in [5, 5.41) is 12.1. The van der Waals surface area contributed by atoms with Crippen LogP contribution >= 0.6 is 0 Å². The Morgan fingerprint density at radius 1 is 1.03 bits per heavy atom. The summed E-state index contributed by atoms with van der Waals surface area (Å²) >= 11 is 0. The fourth-order valence-corrected chi connectivity index (χ4v) is 3.95. The van der Waals surface area contributed by atoms with E-state index in [0.29, 0.717) is 11.6 Å². The summed E-state index contributed by atoms with van der Waals surface area (Å²) in [6.45, 7) is 7.81. The van der Waals surface area contributed by atoms with Gasteiger partial charge in [-0.05, 0) is 48.6 Å². The zero-order chi connectivity index (χ0) is 22.3. The van der Waals surface area contributed by atoms with Crippen LogP contribution in [0.25, 0.3) is 0 Å². The van der Waals surface area contributed by atoms with Crippen LogP contribution in [0.4, 0.5) is 11.4 Å². The molecule has 0 saturated carbocycles. The van der Waals surface area contributed by atoms with Gasteiger partial charge in [0.15, 0.2) is 12.1 Å². The highest BCUT2D eigenvalue weighted by molar-refractivity contribution is 6.25. The first-order valence-corrected chi connectivity index (χ1v) is 10.3. The average molecular weight is 419 g/mol. The fraction of sp³-hybridized carbons (Fsp3) is 0.348. The zero-order valence-corrected chi connectivity index (χ0v) is 18.0. The second-order valence-corrected chi connectivity index (χ2v) is 8.27. The van der Waals surface area contributed by atoms with Gasteiger partial charge in [0, 0.05) is 5.69 Å². The highest BCUT2D eigenvalue weighted by Crippen LogP contribution is 2.32. The van der Waals surface area contributed by atoms with Gasteiger partial charge in [-0.2, -0.15) is 5.11 Å². The van der Waals surface area contributed by atoms with Crippen LogP contribution in [0.1, 0.15) is 36.5 Å². The molecule has 31 heavy (non-hydrogen) atoms. The van der Waals surface area contributed by atoms with E-state index in [9.17, 15) is 14.4 Å². The molecular weight excluding hydrogens is 394 g/mol. The lowest BCUT2D eigenvalue weighted by Crippen LogP contribution is -2.43. The van der Waals surface area contributed by atoms with Gasteiger partial charge in [0.05, 0.1) is 5.69 Å². The first kappa shape index (κ1) is 20.7. The Kier molecular flexibility index (Phi) is 5.31. The highest BCUT2D eigenvalue weighted by atomic mass is 16.2. The molecule has 1 fully saturated rings. The quantitative estimate of drug-likeness (QED) is 0.752. The first-order chi connectivity index (χ1) is 14.8. The Balaban J connectivity index is 1.49. The van der Waals surface area contributed by atoms with E-state index in [1.54, 1.807) is 12.1 Å². The molecule has 2 aromatic carbocycles. The second-order valence-electron chi connectivity index (χ2n) is 8.27. The van der Waals surface area contributed by atoms with Crippen LogP contribution in [0.15, 0.2) is 52.8 Å². The Morgan fingerprint density at radius 2 is 1.68 bits per heavy atom. The van der Waals surface area contributed by atoms with E-state index in [1.165, 1.54) is 5.01 Å². The Labute approximate surface area is 180 Å². The van der Waals surface area contributed by atoms with Gasteiger partial charge in [-0.15, -0.1) is 0 Å². The lowest BCUT2D eigenvalue weighted by Gasteiger charge is -2.21. The molecule has 2 atom stereocenters. The summed E-state index contributed by atoms with van der Waals surface area (Å²) in [6, 6.07) is 11.3. The number of carbonyl (C=O) groups is 3. The topological polar surface area (TPSA) is 94.4 Å². The molecule has 160 valence electrons. The van der Waals surface area contributed by atoms with Crippen LogP contribution < -0.4 is 10.2 Å². The predicted molar refractivity (Wildman–Crippen MR) is 117 cm³/mol. The van der Waals surface area contributed by atoms with Crippen molar-refractivity contribution in [1.82, 2.24) is 5.01 Å². The molecule has 4 rings (SSSR count). The van der Waals surface area contributed by atoms with E-state index in [2.05, 4.69) is 29.5 Å². The number of hydrogen-bond donors (Lipinski definition) is 1. The number of rotatable bonds is 5. The number of carbonyl (C=O) groups excluding carboxylic acids is 3. The number of nitrogens with zero attached hydrogens (tertiary/aromatic N) is 4. The summed E-state index contributed by atoms with van der Waals surface area (Å²) in [5.74, 6) is -0.819. The number of para-hydroxylation sites is 1. The van der Waals surface area contributed by atoms with Gasteiger partial charge < -0.3 is 5.32 Å². The minimum absolute atomic E-state index is 0.169. The number of aryl methyl sites for hydroxylation is 2. The number of anilines is 2. The Bertz CT molecular complexity index is 1060. The van der Waals surface area contributed by atoms with Gasteiger partial charge in [-0.3, -0.25) is 19.4 Å². The van der Waals surface area contributed by atoms with Crippen molar-refractivity contribution in [1.29, 1.82) is 0 Å². The first-order valence-electron chi connectivity index (χ1n) is 10.3. The predicted octanol–water partition coefficient (Wildman–Crippen LogP) is 3.36. The molecule has 0 bridgehead atoms. The van der Waals surface area contributed by atoms with Crippen molar-refractivity contribution in [2.24, 2.45) is 10.3 Å². The van der Waals surface area contributed by atoms with Gasteiger partial charge in [-0.1, -0.05) is 49.4 Å². The van der Waals surface area contributed by atoms with Crippen LogP contribution in [0, 0.1) is 13.8 Å². The van der Waals surface area contributed by atoms with Gasteiger partial charge in [0.25, 0.3) is 11.8 Å². The monoisotopic (exact) mass is 419 g/mol. The van der Waals surface area contributed by atoms with Crippen molar-refractivity contribution >= 4 is 29.1 Å². The Morgan fingerprint density at radius 3 is 2.29 bits per heavy atom. The minimum Gasteiger partial charge on any atom is -0.324 e. The smallest absolute Gasteiger partial charge is 0.263 e. The molecule has 2 aliphatic heterocycles. The van der Waals surface area contributed by atoms with Crippen molar-refractivity contribution in [3.8, 4) is 0 Å². The largest absolute Gasteiger partial charge is 0.324 e. The Hall–Kier alpha value is -3.55. The van der Waals surface area contributed by atoms with Gasteiger partial charge >= 0.3 is 0 Å². The molecule has 0 radical (unpaired) electrons. The number of hydrogen-bond acceptors (Lipinski definition) is 6. The van der Waals surface area contributed by atoms with E-state index >= 15 is 0 Å². The molecule has 3 amide bonds. The molecule has 1 saturated heterocycles. The maximum atomic E-state index is 13.1. The molecule has 0 aromatic heterocycles. The fourth-order valence-electron chi connectivity index (χ4n) is 3.95. The molecule has 2 heterocycles.